The minimum atomic E-state index is 0. The van der Waals surface area contributed by atoms with Gasteiger partial charge in [-0.3, -0.25) is 4.99 Å². The Morgan fingerprint density at radius 2 is 1.73 bits per heavy atom. The Kier molecular flexibility index (Phi) is 9.87. The van der Waals surface area contributed by atoms with E-state index < -0.39 is 0 Å². The molecule has 0 fully saturated rings. The van der Waals surface area contributed by atoms with Crippen molar-refractivity contribution < 1.29 is 9.47 Å². The molecule has 0 spiro atoms. The largest absolute Gasteiger partial charge is 0.493 e. The molecular formula is C20H28IN3O2. The van der Waals surface area contributed by atoms with E-state index in [2.05, 4.69) is 34.7 Å². The lowest BCUT2D eigenvalue weighted by Crippen LogP contribution is -2.39. The van der Waals surface area contributed by atoms with E-state index in [1.807, 2.05) is 36.4 Å². The Morgan fingerprint density at radius 1 is 1.04 bits per heavy atom. The zero-order chi connectivity index (χ0) is 18.1. The van der Waals surface area contributed by atoms with Gasteiger partial charge in [0.05, 0.1) is 20.3 Å². The maximum Gasteiger partial charge on any atom is 0.191 e. The predicted molar refractivity (Wildman–Crippen MR) is 118 cm³/mol. The second kappa shape index (κ2) is 11.6. The van der Waals surface area contributed by atoms with Gasteiger partial charge >= 0.3 is 0 Å². The highest BCUT2D eigenvalue weighted by Gasteiger charge is 2.08. The lowest BCUT2D eigenvalue weighted by molar-refractivity contribution is 0.354. The van der Waals surface area contributed by atoms with Crippen molar-refractivity contribution in [3.8, 4) is 11.5 Å². The molecule has 2 aromatic carbocycles. The molecule has 2 N–H and O–H groups in total. The number of nitrogens with one attached hydrogen (secondary N) is 2. The summed E-state index contributed by atoms with van der Waals surface area (Å²) < 4.78 is 10.6. The van der Waals surface area contributed by atoms with Crippen molar-refractivity contribution in [3.05, 3.63) is 59.7 Å². The molecule has 0 amide bonds. The fourth-order valence-electron chi connectivity index (χ4n) is 2.59. The molecule has 2 rings (SSSR count). The first-order valence-corrected chi connectivity index (χ1v) is 8.41. The maximum absolute atomic E-state index is 5.35. The minimum absolute atomic E-state index is 0. The van der Waals surface area contributed by atoms with Gasteiger partial charge in [-0.2, -0.15) is 0 Å². The third-order valence-electron chi connectivity index (χ3n) is 4.03. The van der Waals surface area contributed by atoms with E-state index >= 15 is 0 Å². The number of methoxy groups -OCH3 is 2. The Morgan fingerprint density at radius 3 is 2.35 bits per heavy atom. The van der Waals surface area contributed by atoms with Gasteiger partial charge in [-0.05, 0) is 36.6 Å². The lowest BCUT2D eigenvalue weighted by Gasteiger charge is -2.18. The Labute approximate surface area is 173 Å². The molecule has 0 aliphatic carbocycles. The van der Waals surface area contributed by atoms with Crippen molar-refractivity contribution in [2.75, 3.05) is 27.8 Å². The first-order valence-electron chi connectivity index (χ1n) is 8.41. The van der Waals surface area contributed by atoms with Crippen LogP contribution < -0.4 is 20.1 Å². The maximum atomic E-state index is 5.35. The average Bonchev–Trinajstić information content (AvgIpc) is 2.67. The van der Waals surface area contributed by atoms with Gasteiger partial charge in [0.15, 0.2) is 17.5 Å². The molecule has 1 unspecified atom stereocenters. The van der Waals surface area contributed by atoms with Gasteiger partial charge < -0.3 is 20.1 Å². The quantitative estimate of drug-likeness (QED) is 0.368. The summed E-state index contributed by atoms with van der Waals surface area (Å²) in [5, 5.41) is 6.76. The summed E-state index contributed by atoms with van der Waals surface area (Å²) in [5.41, 5.74) is 2.40. The van der Waals surface area contributed by atoms with Gasteiger partial charge in [0.25, 0.3) is 0 Å². The Balaban J connectivity index is 0.00000338. The van der Waals surface area contributed by atoms with Crippen molar-refractivity contribution in [1.29, 1.82) is 0 Å². The van der Waals surface area contributed by atoms with Gasteiger partial charge in [0, 0.05) is 13.6 Å². The molecule has 0 saturated carbocycles. The van der Waals surface area contributed by atoms with Gasteiger partial charge in [0.1, 0.15) is 0 Å². The molecule has 0 saturated heterocycles. The van der Waals surface area contributed by atoms with Gasteiger partial charge in [-0.1, -0.05) is 36.4 Å². The fraction of sp³-hybridized carbons (Fsp3) is 0.350. The molecule has 26 heavy (non-hydrogen) atoms. The van der Waals surface area contributed by atoms with Crippen LogP contribution in [0.3, 0.4) is 0 Å². The molecule has 0 radical (unpaired) electrons. The summed E-state index contributed by atoms with van der Waals surface area (Å²) in [6.45, 7) is 2.90. The van der Waals surface area contributed by atoms with Crippen molar-refractivity contribution >= 4 is 29.9 Å². The van der Waals surface area contributed by atoms with Crippen LogP contribution in [-0.2, 0) is 6.42 Å². The number of benzene rings is 2. The summed E-state index contributed by atoms with van der Waals surface area (Å²) in [4.78, 5) is 4.30. The summed E-state index contributed by atoms with van der Waals surface area (Å²) in [6.07, 6.45) is 0.862. The number of ether oxygens (including phenoxy) is 2. The molecule has 0 heterocycles. The first-order chi connectivity index (χ1) is 12.2. The van der Waals surface area contributed by atoms with Crippen LogP contribution in [0.15, 0.2) is 53.5 Å². The van der Waals surface area contributed by atoms with E-state index in [1.165, 1.54) is 11.1 Å². The van der Waals surface area contributed by atoms with E-state index in [9.17, 15) is 0 Å². The molecule has 5 nitrogen and oxygen atoms in total. The number of aliphatic imine (C=N–C) groups is 1. The molecule has 0 aliphatic heterocycles. The number of rotatable bonds is 7. The SMILES string of the molecule is CN=C(NCCc1ccc(OC)c(OC)c1)NC(C)c1ccccc1.I. The molecule has 1 atom stereocenters. The number of guanidine groups is 1. The fourth-order valence-corrected chi connectivity index (χ4v) is 2.59. The Bertz CT molecular complexity index is 693. The van der Waals surface area contributed by atoms with Gasteiger partial charge in [-0.15, -0.1) is 24.0 Å². The second-order valence-corrected chi connectivity index (χ2v) is 5.72. The molecule has 6 heteroatoms. The topological polar surface area (TPSA) is 54.9 Å². The van der Waals surface area contributed by atoms with Crippen molar-refractivity contribution in [3.63, 3.8) is 0 Å². The predicted octanol–water partition coefficient (Wildman–Crippen LogP) is 3.79. The zero-order valence-electron chi connectivity index (χ0n) is 15.8. The molecule has 0 aromatic heterocycles. The number of hydrogen-bond donors (Lipinski definition) is 2. The van der Waals surface area contributed by atoms with Crippen molar-refractivity contribution in [1.82, 2.24) is 10.6 Å². The molecule has 0 aliphatic rings. The molecule has 142 valence electrons. The number of nitrogens with zero attached hydrogens (tertiary/aromatic N) is 1. The molecule has 0 bridgehead atoms. The van der Waals surface area contributed by atoms with E-state index in [0.29, 0.717) is 0 Å². The van der Waals surface area contributed by atoms with Crippen LogP contribution in [-0.4, -0.2) is 33.8 Å². The second-order valence-electron chi connectivity index (χ2n) is 5.72. The average molecular weight is 469 g/mol. The normalized spacial score (nSPS) is 11.9. The van der Waals surface area contributed by atoms with Crippen LogP contribution in [0, 0.1) is 0 Å². The summed E-state index contributed by atoms with van der Waals surface area (Å²) in [6, 6.07) is 16.5. The number of hydrogen-bond acceptors (Lipinski definition) is 3. The summed E-state index contributed by atoms with van der Waals surface area (Å²) >= 11 is 0. The van der Waals surface area contributed by atoms with Crippen molar-refractivity contribution in [2.24, 2.45) is 4.99 Å². The zero-order valence-corrected chi connectivity index (χ0v) is 18.1. The van der Waals surface area contributed by atoms with E-state index in [4.69, 9.17) is 9.47 Å². The van der Waals surface area contributed by atoms with Crippen LogP contribution in [0.2, 0.25) is 0 Å². The lowest BCUT2D eigenvalue weighted by atomic mass is 10.1. The highest BCUT2D eigenvalue weighted by Crippen LogP contribution is 2.27. The van der Waals surface area contributed by atoms with E-state index in [-0.39, 0.29) is 30.0 Å². The van der Waals surface area contributed by atoms with E-state index in [1.54, 1.807) is 21.3 Å². The van der Waals surface area contributed by atoms with Crippen molar-refractivity contribution in [2.45, 2.75) is 19.4 Å². The first kappa shape index (κ1) is 22.1. The minimum Gasteiger partial charge on any atom is -0.493 e. The van der Waals surface area contributed by atoms with E-state index in [0.717, 1.165) is 30.4 Å². The van der Waals surface area contributed by atoms with Gasteiger partial charge in [-0.25, -0.2) is 0 Å². The standard InChI is InChI=1S/C20H27N3O2.HI/c1-15(17-8-6-5-7-9-17)23-20(21-2)22-13-12-16-10-11-18(24-3)19(14-16)25-4;/h5-11,14-15H,12-13H2,1-4H3,(H2,21,22,23);1H. The highest BCUT2D eigenvalue weighted by atomic mass is 127. The van der Waals surface area contributed by atoms with Crippen LogP contribution in [0.1, 0.15) is 24.1 Å². The van der Waals surface area contributed by atoms with Crippen LogP contribution in [0.5, 0.6) is 11.5 Å². The number of halogens is 1. The highest BCUT2D eigenvalue weighted by molar-refractivity contribution is 14.0. The summed E-state index contributed by atoms with van der Waals surface area (Å²) in [7, 11) is 5.07. The Hall–Kier alpha value is -1.96. The van der Waals surface area contributed by atoms with Crippen LogP contribution in [0.4, 0.5) is 0 Å². The van der Waals surface area contributed by atoms with Crippen LogP contribution in [0.25, 0.3) is 0 Å². The third kappa shape index (κ3) is 6.40. The smallest absolute Gasteiger partial charge is 0.191 e. The van der Waals surface area contributed by atoms with Crippen LogP contribution >= 0.6 is 24.0 Å². The molecular weight excluding hydrogens is 441 g/mol. The molecule has 2 aromatic rings. The monoisotopic (exact) mass is 469 g/mol. The summed E-state index contributed by atoms with van der Waals surface area (Å²) in [5.74, 6) is 2.28. The van der Waals surface area contributed by atoms with Gasteiger partial charge in [0.2, 0.25) is 0 Å². The third-order valence-corrected chi connectivity index (χ3v) is 4.03.